The van der Waals surface area contributed by atoms with Gasteiger partial charge in [0, 0.05) is 6.04 Å². The summed E-state index contributed by atoms with van der Waals surface area (Å²) < 4.78 is 25.9. The van der Waals surface area contributed by atoms with Crippen LogP contribution in [-0.2, 0) is 9.53 Å². The van der Waals surface area contributed by atoms with E-state index in [0.717, 1.165) is 31.4 Å². The number of carbonyl (C=O) groups excluding carboxylic acids is 1. The second-order valence-corrected chi connectivity index (χ2v) is 4.37. The molecule has 0 aliphatic carbocycles. The molecular weight excluding hydrogens is 214 g/mol. The molecule has 1 aromatic carbocycles. The maximum absolute atomic E-state index is 12.2. The number of benzene rings is 1. The van der Waals surface area contributed by atoms with Gasteiger partial charge < -0.3 is 10.1 Å². The first-order valence-corrected chi connectivity index (χ1v) is 5.98. The molecule has 92 valence electrons. The fourth-order valence-corrected chi connectivity index (χ4v) is 2.42. The van der Waals surface area contributed by atoms with Gasteiger partial charge in [-0.2, -0.15) is 0 Å². The Morgan fingerprint density at radius 1 is 1.47 bits per heavy atom. The van der Waals surface area contributed by atoms with Gasteiger partial charge in [0.15, 0.2) is 0 Å². The lowest BCUT2D eigenvalue weighted by molar-refractivity contribution is -0.143. The smallest absolute Gasteiger partial charge is 0.314 e. The Morgan fingerprint density at radius 3 is 2.94 bits per heavy atom. The summed E-state index contributed by atoms with van der Waals surface area (Å²) in [5, 5.41) is 3.30. The summed E-state index contributed by atoms with van der Waals surface area (Å²) in [6, 6.07) is 9.15. The Kier molecular flexibility index (Phi) is 2.98. The lowest BCUT2D eigenvalue weighted by atomic mass is 9.86. The zero-order chi connectivity index (χ0) is 14.6. The fraction of sp³-hybridized carbons (Fsp3) is 0.500. The fourth-order valence-electron chi connectivity index (χ4n) is 2.42. The standard InChI is InChI=1S/C14H19NO2/c1-17-14(16)13(11-7-3-2-4-8-11)12-9-5-6-10-15-12/h2-4,7-8,12-13,15H,5-6,9-10H2,1H3/t12?,13-/m1/s1/i1D3. The number of hydrogen-bond acceptors (Lipinski definition) is 3. The Balaban J connectivity index is 2.22. The molecule has 0 amide bonds. The van der Waals surface area contributed by atoms with E-state index >= 15 is 0 Å². The molecule has 0 saturated carbocycles. The number of nitrogens with one attached hydrogen (secondary N) is 1. The Hall–Kier alpha value is -1.35. The minimum absolute atomic E-state index is 0.0685. The lowest BCUT2D eigenvalue weighted by Gasteiger charge is -2.29. The zero-order valence-corrected chi connectivity index (χ0v) is 9.69. The van der Waals surface area contributed by atoms with Gasteiger partial charge in [0.2, 0.25) is 0 Å². The molecule has 0 aromatic heterocycles. The van der Waals surface area contributed by atoms with Gasteiger partial charge in [-0.25, -0.2) is 0 Å². The van der Waals surface area contributed by atoms with Gasteiger partial charge >= 0.3 is 5.97 Å². The molecule has 0 spiro atoms. The van der Waals surface area contributed by atoms with Crippen molar-refractivity contribution >= 4 is 5.97 Å². The second kappa shape index (κ2) is 5.82. The minimum Gasteiger partial charge on any atom is -0.469 e. The van der Waals surface area contributed by atoms with Crippen LogP contribution in [0.2, 0.25) is 0 Å². The van der Waals surface area contributed by atoms with Crippen molar-refractivity contribution in [1.82, 2.24) is 5.32 Å². The molecule has 1 aliphatic rings. The van der Waals surface area contributed by atoms with Crippen LogP contribution in [0.15, 0.2) is 30.3 Å². The molecule has 0 bridgehead atoms. The highest BCUT2D eigenvalue weighted by Gasteiger charge is 2.31. The van der Waals surface area contributed by atoms with Crippen LogP contribution >= 0.6 is 0 Å². The van der Waals surface area contributed by atoms with Crippen LogP contribution in [0.25, 0.3) is 0 Å². The SMILES string of the molecule is [2H]C([2H])([2H])OC(=O)[C@H](c1ccccc1)C1CCCCN1. The van der Waals surface area contributed by atoms with Crippen LogP contribution in [0.3, 0.4) is 0 Å². The first-order valence-electron chi connectivity index (χ1n) is 7.48. The molecule has 2 rings (SSSR count). The molecule has 1 N–H and O–H groups in total. The van der Waals surface area contributed by atoms with E-state index in [1.54, 1.807) is 0 Å². The number of hydrogen-bond donors (Lipinski definition) is 1. The van der Waals surface area contributed by atoms with E-state index in [-0.39, 0.29) is 6.04 Å². The third kappa shape index (κ3) is 2.86. The third-order valence-corrected chi connectivity index (χ3v) is 3.26. The lowest BCUT2D eigenvalue weighted by Crippen LogP contribution is -2.42. The van der Waals surface area contributed by atoms with Gasteiger partial charge in [-0.05, 0) is 24.9 Å². The largest absolute Gasteiger partial charge is 0.469 e. The van der Waals surface area contributed by atoms with Crippen LogP contribution in [0.1, 0.15) is 34.9 Å². The second-order valence-electron chi connectivity index (χ2n) is 4.37. The van der Waals surface area contributed by atoms with E-state index in [1.807, 2.05) is 30.3 Å². The van der Waals surface area contributed by atoms with E-state index < -0.39 is 18.9 Å². The number of ether oxygens (including phenoxy) is 1. The molecule has 3 heteroatoms. The van der Waals surface area contributed by atoms with Gasteiger partial charge in [-0.15, -0.1) is 0 Å². The van der Waals surface area contributed by atoms with E-state index in [9.17, 15) is 4.79 Å². The van der Waals surface area contributed by atoms with Gasteiger partial charge in [0.05, 0.1) is 17.1 Å². The highest BCUT2D eigenvalue weighted by molar-refractivity contribution is 5.79. The summed E-state index contributed by atoms with van der Waals surface area (Å²) >= 11 is 0. The highest BCUT2D eigenvalue weighted by atomic mass is 16.5. The highest BCUT2D eigenvalue weighted by Crippen LogP contribution is 2.26. The molecule has 1 heterocycles. The molecule has 0 radical (unpaired) electrons. The van der Waals surface area contributed by atoms with Gasteiger partial charge in [0.1, 0.15) is 0 Å². The van der Waals surface area contributed by atoms with E-state index in [0.29, 0.717) is 0 Å². The minimum atomic E-state index is -2.70. The first kappa shape index (κ1) is 8.70. The summed E-state index contributed by atoms with van der Waals surface area (Å²) in [6.45, 7) is 0.842. The predicted molar refractivity (Wildman–Crippen MR) is 66.8 cm³/mol. The molecule has 1 saturated heterocycles. The number of esters is 1. The Labute approximate surface area is 106 Å². The Bertz CT molecular complexity index is 441. The monoisotopic (exact) mass is 236 g/mol. The Morgan fingerprint density at radius 2 is 2.29 bits per heavy atom. The average molecular weight is 236 g/mol. The molecule has 17 heavy (non-hydrogen) atoms. The molecule has 2 atom stereocenters. The van der Waals surface area contributed by atoms with Crippen molar-refractivity contribution in [3.63, 3.8) is 0 Å². The van der Waals surface area contributed by atoms with Crippen molar-refractivity contribution in [2.45, 2.75) is 31.2 Å². The molecule has 3 nitrogen and oxygen atoms in total. The number of piperidine rings is 1. The predicted octanol–water partition coefficient (Wildman–Crippen LogP) is 2.09. The zero-order valence-electron chi connectivity index (χ0n) is 12.7. The van der Waals surface area contributed by atoms with Crippen LogP contribution < -0.4 is 5.32 Å². The van der Waals surface area contributed by atoms with Crippen molar-refractivity contribution in [3.8, 4) is 0 Å². The first-order chi connectivity index (χ1) is 9.47. The summed E-state index contributed by atoms with van der Waals surface area (Å²) in [7, 11) is -2.70. The number of rotatable bonds is 3. The molecule has 1 unspecified atom stereocenters. The molecular formula is C14H19NO2. The molecule has 1 aromatic rings. The summed E-state index contributed by atoms with van der Waals surface area (Å²) in [6.07, 6.45) is 2.95. The van der Waals surface area contributed by atoms with E-state index in [1.165, 1.54) is 0 Å². The van der Waals surface area contributed by atoms with Crippen molar-refractivity contribution in [2.75, 3.05) is 13.6 Å². The van der Waals surface area contributed by atoms with Gasteiger partial charge in [-0.1, -0.05) is 36.8 Å². The summed E-state index contributed by atoms with van der Waals surface area (Å²) in [5.41, 5.74) is 0.793. The number of carbonyl (C=O) groups is 1. The van der Waals surface area contributed by atoms with Crippen LogP contribution in [0.4, 0.5) is 0 Å². The summed E-state index contributed by atoms with van der Waals surface area (Å²) in [4.78, 5) is 12.2. The van der Waals surface area contributed by atoms with E-state index in [4.69, 9.17) is 4.11 Å². The molecule has 1 aliphatic heterocycles. The van der Waals surface area contributed by atoms with E-state index in [2.05, 4.69) is 10.1 Å². The number of methoxy groups -OCH3 is 1. The van der Waals surface area contributed by atoms with Crippen molar-refractivity contribution in [3.05, 3.63) is 35.9 Å². The van der Waals surface area contributed by atoms with Crippen molar-refractivity contribution in [1.29, 1.82) is 0 Å². The molecule has 1 fully saturated rings. The average Bonchev–Trinajstić information content (AvgIpc) is 2.39. The van der Waals surface area contributed by atoms with Crippen molar-refractivity contribution < 1.29 is 13.6 Å². The van der Waals surface area contributed by atoms with Crippen LogP contribution in [-0.4, -0.2) is 25.6 Å². The third-order valence-electron chi connectivity index (χ3n) is 3.26. The van der Waals surface area contributed by atoms with Gasteiger partial charge in [0.25, 0.3) is 0 Å². The van der Waals surface area contributed by atoms with Crippen LogP contribution in [0.5, 0.6) is 0 Å². The maximum Gasteiger partial charge on any atom is 0.314 e. The maximum atomic E-state index is 12.2. The van der Waals surface area contributed by atoms with Gasteiger partial charge in [-0.3, -0.25) is 4.79 Å². The topological polar surface area (TPSA) is 38.3 Å². The quantitative estimate of drug-likeness (QED) is 0.817. The van der Waals surface area contributed by atoms with Crippen molar-refractivity contribution in [2.24, 2.45) is 0 Å². The van der Waals surface area contributed by atoms with Crippen LogP contribution in [0, 0.1) is 0 Å². The normalized spacial score (nSPS) is 25.2. The summed E-state index contributed by atoms with van der Waals surface area (Å²) in [5.74, 6) is -1.26.